The number of hydrazone groups is 1. The van der Waals surface area contributed by atoms with E-state index in [4.69, 9.17) is 9.26 Å². The van der Waals surface area contributed by atoms with Crippen molar-refractivity contribution in [3.8, 4) is 22.8 Å². The third-order valence-electron chi connectivity index (χ3n) is 3.79. The smallest absolute Gasteiger partial charge is 0.277 e. The number of hydrogen-bond donors (Lipinski definition) is 2. The number of halogens is 1. The molecular weight excluding hydrogens is 461 g/mol. The summed E-state index contributed by atoms with van der Waals surface area (Å²) in [6.45, 7) is 1.67. The normalized spacial score (nSPS) is 10.9. The molecule has 27 heavy (non-hydrogen) atoms. The highest BCUT2D eigenvalue weighted by atomic mass is 127. The molecule has 0 unspecified atom stereocenters. The molecule has 1 heterocycles. The number of aromatic hydroxyl groups is 1. The van der Waals surface area contributed by atoms with Crippen LogP contribution in [-0.4, -0.2) is 29.5 Å². The third kappa shape index (κ3) is 4.11. The van der Waals surface area contributed by atoms with Crippen LogP contribution in [0.15, 0.2) is 52.1 Å². The van der Waals surface area contributed by atoms with Gasteiger partial charge < -0.3 is 14.4 Å². The van der Waals surface area contributed by atoms with Gasteiger partial charge in [0.1, 0.15) is 17.0 Å². The first kappa shape index (κ1) is 18.9. The SMILES string of the molecule is COc1cc(/C=N/NC(=O)c2c(-c3ccccc3)noc2C)cc(I)c1O. The van der Waals surface area contributed by atoms with Crippen molar-refractivity contribution in [1.29, 1.82) is 0 Å². The number of benzene rings is 2. The fraction of sp³-hybridized carbons (Fsp3) is 0.105. The Bertz CT molecular complexity index is 1000. The summed E-state index contributed by atoms with van der Waals surface area (Å²) in [6.07, 6.45) is 1.47. The van der Waals surface area contributed by atoms with Crippen molar-refractivity contribution in [1.82, 2.24) is 10.6 Å². The van der Waals surface area contributed by atoms with Crippen LogP contribution in [0.3, 0.4) is 0 Å². The first-order valence-electron chi connectivity index (χ1n) is 7.93. The molecule has 0 saturated heterocycles. The Morgan fingerprint density at radius 2 is 2.07 bits per heavy atom. The van der Waals surface area contributed by atoms with Gasteiger partial charge in [0.2, 0.25) is 0 Å². The lowest BCUT2D eigenvalue weighted by atomic mass is 10.1. The van der Waals surface area contributed by atoms with Crippen LogP contribution in [0.5, 0.6) is 11.5 Å². The lowest BCUT2D eigenvalue weighted by Crippen LogP contribution is -2.18. The largest absolute Gasteiger partial charge is 0.504 e. The fourth-order valence-corrected chi connectivity index (χ4v) is 3.10. The second-order valence-corrected chi connectivity index (χ2v) is 6.74. The molecule has 0 aliphatic heterocycles. The van der Waals surface area contributed by atoms with Crippen LogP contribution in [0.1, 0.15) is 21.7 Å². The van der Waals surface area contributed by atoms with E-state index in [0.29, 0.717) is 31.9 Å². The number of ether oxygens (including phenoxy) is 1. The molecule has 0 bridgehead atoms. The number of aryl methyl sites for hydroxylation is 1. The molecule has 1 aromatic heterocycles. The third-order valence-corrected chi connectivity index (χ3v) is 4.61. The molecule has 138 valence electrons. The van der Waals surface area contributed by atoms with E-state index in [1.807, 2.05) is 52.9 Å². The quantitative estimate of drug-likeness (QED) is 0.332. The minimum Gasteiger partial charge on any atom is -0.504 e. The number of phenols is 1. The number of carbonyl (C=O) groups excluding carboxylic acids is 1. The molecule has 1 amide bonds. The van der Waals surface area contributed by atoms with E-state index < -0.39 is 5.91 Å². The lowest BCUT2D eigenvalue weighted by molar-refractivity contribution is 0.0954. The number of aromatic nitrogens is 1. The zero-order chi connectivity index (χ0) is 19.4. The van der Waals surface area contributed by atoms with E-state index in [0.717, 1.165) is 5.56 Å². The van der Waals surface area contributed by atoms with Gasteiger partial charge in [-0.2, -0.15) is 5.10 Å². The Kier molecular flexibility index (Phi) is 5.75. The summed E-state index contributed by atoms with van der Waals surface area (Å²) >= 11 is 1.99. The molecule has 3 rings (SSSR count). The monoisotopic (exact) mass is 477 g/mol. The van der Waals surface area contributed by atoms with Gasteiger partial charge in [0.15, 0.2) is 11.5 Å². The summed E-state index contributed by atoms with van der Waals surface area (Å²) < 4.78 is 10.9. The van der Waals surface area contributed by atoms with E-state index in [1.165, 1.54) is 13.3 Å². The highest BCUT2D eigenvalue weighted by Crippen LogP contribution is 2.31. The Balaban J connectivity index is 1.80. The van der Waals surface area contributed by atoms with Crippen molar-refractivity contribution in [3.63, 3.8) is 0 Å². The number of phenolic OH excluding ortho intramolecular Hbond substituents is 1. The summed E-state index contributed by atoms with van der Waals surface area (Å²) in [5.41, 5.74) is 4.72. The Morgan fingerprint density at radius 1 is 1.33 bits per heavy atom. The maximum absolute atomic E-state index is 12.6. The summed E-state index contributed by atoms with van der Waals surface area (Å²) in [6, 6.07) is 12.6. The molecule has 0 fully saturated rings. The van der Waals surface area contributed by atoms with E-state index in [-0.39, 0.29) is 5.75 Å². The van der Waals surface area contributed by atoms with Crippen molar-refractivity contribution in [2.75, 3.05) is 7.11 Å². The molecule has 0 aliphatic rings. The molecule has 2 aromatic carbocycles. The van der Waals surface area contributed by atoms with Gasteiger partial charge in [0, 0.05) is 5.56 Å². The number of carbonyl (C=O) groups is 1. The van der Waals surface area contributed by atoms with Crippen LogP contribution in [0, 0.1) is 10.5 Å². The average molecular weight is 477 g/mol. The van der Waals surface area contributed by atoms with E-state index in [1.54, 1.807) is 19.1 Å². The van der Waals surface area contributed by atoms with Crippen LogP contribution < -0.4 is 10.2 Å². The zero-order valence-electron chi connectivity index (χ0n) is 14.6. The van der Waals surface area contributed by atoms with E-state index >= 15 is 0 Å². The minimum atomic E-state index is -0.427. The number of hydrogen-bond acceptors (Lipinski definition) is 6. The summed E-state index contributed by atoms with van der Waals surface area (Å²) in [7, 11) is 1.47. The van der Waals surface area contributed by atoms with Crippen LogP contribution in [0.25, 0.3) is 11.3 Å². The number of amides is 1. The van der Waals surface area contributed by atoms with Crippen molar-refractivity contribution < 1.29 is 19.2 Å². The fourth-order valence-electron chi connectivity index (χ4n) is 2.48. The second-order valence-electron chi connectivity index (χ2n) is 5.58. The molecule has 0 spiro atoms. The Hall–Kier alpha value is -2.88. The number of rotatable bonds is 5. The number of nitrogens with zero attached hydrogens (tertiary/aromatic N) is 2. The first-order chi connectivity index (χ1) is 13.0. The number of nitrogens with one attached hydrogen (secondary N) is 1. The molecule has 2 N–H and O–H groups in total. The van der Waals surface area contributed by atoms with Crippen LogP contribution >= 0.6 is 22.6 Å². The molecule has 0 atom stereocenters. The Morgan fingerprint density at radius 3 is 2.78 bits per heavy atom. The topological polar surface area (TPSA) is 97.0 Å². The summed E-state index contributed by atoms with van der Waals surface area (Å²) in [4.78, 5) is 12.6. The van der Waals surface area contributed by atoms with Gasteiger partial charge >= 0.3 is 0 Å². The highest BCUT2D eigenvalue weighted by molar-refractivity contribution is 14.1. The van der Waals surface area contributed by atoms with E-state index in [2.05, 4.69) is 15.7 Å². The number of methoxy groups -OCH3 is 1. The van der Waals surface area contributed by atoms with Gasteiger partial charge in [-0.3, -0.25) is 4.79 Å². The van der Waals surface area contributed by atoms with Crippen LogP contribution in [-0.2, 0) is 0 Å². The average Bonchev–Trinajstić information content (AvgIpc) is 3.06. The Labute approximate surface area is 169 Å². The van der Waals surface area contributed by atoms with Gasteiger partial charge in [-0.1, -0.05) is 35.5 Å². The van der Waals surface area contributed by atoms with Crippen molar-refractivity contribution in [3.05, 3.63) is 62.9 Å². The van der Waals surface area contributed by atoms with Crippen molar-refractivity contribution in [2.24, 2.45) is 5.10 Å². The predicted molar refractivity (Wildman–Crippen MR) is 109 cm³/mol. The second kappa shape index (κ2) is 8.21. The van der Waals surface area contributed by atoms with Crippen LogP contribution in [0.4, 0.5) is 0 Å². The molecule has 7 nitrogen and oxygen atoms in total. The van der Waals surface area contributed by atoms with Crippen molar-refractivity contribution >= 4 is 34.7 Å². The van der Waals surface area contributed by atoms with E-state index in [9.17, 15) is 9.90 Å². The molecule has 0 saturated carbocycles. The maximum atomic E-state index is 12.6. The van der Waals surface area contributed by atoms with Crippen LogP contribution in [0.2, 0.25) is 0 Å². The maximum Gasteiger partial charge on any atom is 0.277 e. The van der Waals surface area contributed by atoms with Gasteiger partial charge in [-0.05, 0) is 47.2 Å². The molecule has 0 aliphatic carbocycles. The van der Waals surface area contributed by atoms with Crippen molar-refractivity contribution in [2.45, 2.75) is 6.92 Å². The zero-order valence-corrected chi connectivity index (χ0v) is 16.7. The first-order valence-corrected chi connectivity index (χ1v) is 9.00. The molecular formula is C19H16IN3O4. The molecule has 3 aromatic rings. The van der Waals surface area contributed by atoms with Gasteiger partial charge in [0.05, 0.1) is 16.9 Å². The summed E-state index contributed by atoms with van der Waals surface area (Å²) in [5, 5.41) is 17.8. The summed E-state index contributed by atoms with van der Waals surface area (Å²) in [5.74, 6) is 0.370. The molecule has 0 radical (unpaired) electrons. The predicted octanol–water partition coefficient (Wildman–Crippen LogP) is 3.73. The molecule has 8 heteroatoms. The standard InChI is InChI=1S/C19H16IN3O4/c1-11-16(17(23-27-11)13-6-4-3-5-7-13)19(25)22-21-10-12-8-14(20)18(24)15(9-12)26-2/h3-10,24H,1-2H3,(H,22,25)/b21-10+. The van der Waals surface area contributed by atoms with Gasteiger partial charge in [-0.15, -0.1) is 0 Å². The lowest BCUT2D eigenvalue weighted by Gasteiger charge is -2.06. The minimum absolute atomic E-state index is 0.0619. The van der Waals surface area contributed by atoms with Gasteiger partial charge in [-0.25, -0.2) is 5.43 Å². The highest BCUT2D eigenvalue weighted by Gasteiger charge is 2.21. The van der Waals surface area contributed by atoms with Gasteiger partial charge in [0.25, 0.3) is 5.91 Å².